The first-order valence-electron chi connectivity index (χ1n) is 9.91. The molecule has 4 rings (SSSR count). The number of carboxylic acid groups (broad SMARTS) is 1. The van der Waals surface area contributed by atoms with Crippen LogP contribution < -0.4 is 10.3 Å². The zero-order valence-electron chi connectivity index (χ0n) is 16.6. The van der Waals surface area contributed by atoms with Gasteiger partial charge in [-0.15, -0.1) is 0 Å². The van der Waals surface area contributed by atoms with E-state index in [1.54, 1.807) is 10.6 Å². The minimum absolute atomic E-state index is 0.0584. The van der Waals surface area contributed by atoms with Crippen molar-refractivity contribution in [3.63, 3.8) is 0 Å². The van der Waals surface area contributed by atoms with Gasteiger partial charge in [0.25, 0.3) is 0 Å². The van der Waals surface area contributed by atoms with E-state index in [1.807, 2.05) is 48.4 Å². The second kappa shape index (κ2) is 8.10. The lowest BCUT2D eigenvalue weighted by atomic mass is 10.1. The van der Waals surface area contributed by atoms with E-state index in [4.69, 9.17) is 0 Å². The minimum atomic E-state index is -1.31. The predicted molar refractivity (Wildman–Crippen MR) is 115 cm³/mol. The normalized spacial score (nSPS) is 16.6. The first kappa shape index (κ1) is 19.8. The second-order valence-corrected chi connectivity index (χ2v) is 7.36. The van der Waals surface area contributed by atoms with Gasteiger partial charge >= 0.3 is 5.97 Å². The Bertz CT molecular complexity index is 1190. The number of carbonyl (C=O) groups is 1. The van der Waals surface area contributed by atoms with E-state index in [0.717, 1.165) is 18.1 Å². The fraction of sp³-hybridized carbons (Fsp3) is 0.261. The average molecular weight is 407 g/mol. The molecule has 30 heavy (non-hydrogen) atoms. The van der Waals surface area contributed by atoms with Crippen molar-refractivity contribution < 1.29 is 14.3 Å². The summed E-state index contributed by atoms with van der Waals surface area (Å²) in [5.74, 6) is -1.84. The molecule has 0 bridgehead atoms. The predicted octanol–water partition coefficient (Wildman–Crippen LogP) is 3.56. The molecule has 1 aliphatic rings. The number of pyridine rings is 1. The number of hydrogen-bond donors (Lipinski definition) is 1. The van der Waals surface area contributed by atoms with Crippen LogP contribution in [-0.4, -0.2) is 41.0 Å². The largest absolute Gasteiger partial charge is 0.477 e. The zero-order valence-corrected chi connectivity index (χ0v) is 16.6. The van der Waals surface area contributed by atoms with Crippen molar-refractivity contribution in [1.29, 1.82) is 0 Å². The van der Waals surface area contributed by atoms with Gasteiger partial charge in [-0.25, -0.2) is 9.18 Å². The van der Waals surface area contributed by atoms with Crippen LogP contribution >= 0.6 is 0 Å². The molecule has 0 amide bonds. The smallest absolute Gasteiger partial charge is 0.341 e. The van der Waals surface area contributed by atoms with Crippen LogP contribution in [-0.2, 0) is 6.54 Å². The number of anilines is 1. The molecule has 1 saturated heterocycles. The topological polar surface area (TPSA) is 74.9 Å². The van der Waals surface area contributed by atoms with Crippen molar-refractivity contribution in [3.05, 3.63) is 75.8 Å². The summed E-state index contributed by atoms with van der Waals surface area (Å²) in [6, 6.07) is 12.7. The quantitative estimate of drug-likeness (QED) is 0.657. The van der Waals surface area contributed by atoms with E-state index in [9.17, 15) is 19.1 Å². The summed E-state index contributed by atoms with van der Waals surface area (Å²) in [6.07, 6.45) is 3.97. The third kappa shape index (κ3) is 3.70. The molecule has 0 saturated carbocycles. The molecular weight excluding hydrogens is 385 g/mol. The fourth-order valence-corrected chi connectivity index (χ4v) is 3.87. The number of carboxylic acids is 1. The third-order valence-electron chi connectivity index (χ3n) is 5.46. The Morgan fingerprint density at radius 1 is 1.30 bits per heavy atom. The van der Waals surface area contributed by atoms with E-state index in [2.05, 4.69) is 4.99 Å². The summed E-state index contributed by atoms with van der Waals surface area (Å²) in [7, 11) is 0. The van der Waals surface area contributed by atoms with Gasteiger partial charge in [0.05, 0.1) is 17.2 Å². The molecule has 0 radical (unpaired) electrons. The van der Waals surface area contributed by atoms with Gasteiger partial charge in [0.1, 0.15) is 11.4 Å². The Balaban J connectivity index is 1.66. The van der Waals surface area contributed by atoms with Crippen molar-refractivity contribution in [2.45, 2.75) is 25.9 Å². The van der Waals surface area contributed by atoms with Gasteiger partial charge in [-0.05, 0) is 31.0 Å². The molecule has 0 spiro atoms. The van der Waals surface area contributed by atoms with Gasteiger partial charge in [0, 0.05) is 37.4 Å². The molecule has 1 fully saturated rings. The van der Waals surface area contributed by atoms with Crippen molar-refractivity contribution in [1.82, 2.24) is 4.57 Å². The highest BCUT2D eigenvalue weighted by molar-refractivity contribution is 5.93. The number of nitrogens with zero attached hydrogens (tertiary/aromatic N) is 3. The molecule has 1 N–H and O–H groups in total. The lowest BCUT2D eigenvalue weighted by Gasteiger charge is -2.20. The van der Waals surface area contributed by atoms with E-state index in [1.165, 1.54) is 6.20 Å². The summed E-state index contributed by atoms with van der Waals surface area (Å²) >= 11 is 0. The lowest BCUT2D eigenvalue weighted by molar-refractivity contribution is 0.0695. The Hall–Kier alpha value is -3.48. The van der Waals surface area contributed by atoms with E-state index >= 15 is 0 Å². The monoisotopic (exact) mass is 407 g/mol. The highest BCUT2D eigenvalue weighted by Gasteiger charge is 2.25. The summed E-state index contributed by atoms with van der Waals surface area (Å²) in [5, 5.41) is 9.35. The number of aryl methyl sites for hydroxylation is 1. The number of halogens is 1. The van der Waals surface area contributed by atoms with Crippen molar-refractivity contribution in [2.75, 3.05) is 18.0 Å². The molecule has 1 aliphatic heterocycles. The highest BCUT2D eigenvalue weighted by atomic mass is 19.1. The van der Waals surface area contributed by atoms with Crippen LogP contribution in [0.4, 0.5) is 10.1 Å². The second-order valence-electron chi connectivity index (χ2n) is 7.36. The van der Waals surface area contributed by atoms with Crippen LogP contribution in [0, 0.1) is 5.82 Å². The van der Waals surface area contributed by atoms with E-state index < -0.39 is 17.2 Å². The number of aliphatic imine (C=N–C) groups is 1. The van der Waals surface area contributed by atoms with Crippen LogP contribution in [0.2, 0.25) is 0 Å². The van der Waals surface area contributed by atoms with Crippen LogP contribution in [0.1, 0.15) is 29.3 Å². The molecular formula is C23H22FN3O3. The summed E-state index contributed by atoms with van der Waals surface area (Å²) in [4.78, 5) is 30.4. The van der Waals surface area contributed by atoms with Crippen LogP contribution in [0.15, 0.2) is 58.4 Å². The van der Waals surface area contributed by atoms with Gasteiger partial charge < -0.3 is 14.6 Å². The first-order chi connectivity index (χ1) is 14.5. The Labute approximate surface area is 172 Å². The summed E-state index contributed by atoms with van der Waals surface area (Å²) < 4.78 is 16.6. The number of aromatic nitrogens is 1. The van der Waals surface area contributed by atoms with Crippen molar-refractivity contribution >= 4 is 28.8 Å². The number of aromatic carboxylic acids is 1. The molecule has 1 atom stereocenters. The molecule has 2 heterocycles. The molecule has 3 aromatic rings. The van der Waals surface area contributed by atoms with E-state index in [0.29, 0.717) is 30.8 Å². The number of fused-ring (bicyclic) bond motifs is 1. The molecule has 154 valence electrons. The Morgan fingerprint density at radius 2 is 2.07 bits per heavy atom. The van der Waals surface area contributed by atoms with Crippen molar-refractivity contribution in [2.24, 2.45) is 4.99 Å². The Kier molecular flexibility index (Phi) is 5.35. The van der Waals surface area contributed by atoms with Gasteiger partial charge in [0.15, 0.2) is 0 Å². The minimum Gasteiger partial charge on any atom is -0.477 e. The number of rotatable bonds is 5. The van der Waals surface area contributed by atoms with Gasteiger partial charge in [0.2, 0.25) is 5.43 Å². The fourth-order valence-electron chi connectivity index (χ4n) is 3.87. The van der Waals surface area contributed by atoms with Crippen molar-refractivity contribution in [3.8, 4) is 0 Å². The SMILES string of the molecule is CCn1cc(C(=O)O)c(=O)c2cc(F)c(N3CCC(/N=C/c4ccccc4)C3)cc21. The summed E-state index contributed by atoms with van der Waals surface area (Å²) in [5.41, 5.74) is 0.936. The maximum atomic E-state index is 14.9. The maximum Gasteiger partial charge on any atom is 0.341 e. The molecule has 6 nitrogen and oxygen atoms in total. The van der Waals surface area contributed by atoms with Crippen LogP contribution in [0.25, 0.3) is 10.9 Å². The zero-order chi connectivity index (χ0) is 21.3. The van der Waals surface area contributed by atoms with Crippen LogP contribution in [0.5, 0.6) is 0 Å². The van der Waals surface area contributed by atoms with E-state index in [-0.39, 0.29) is 17.0 Å². The molecule has 0 aliphatic carbocycles. The Morgan fingerprint density at radius 3 is 2.77 bits per heavy atom. The first-order valence-corrected chi connectivity index (χ1v) is 9.91. The molecule has 1 aromatic heterocycles. The lowest BCUT2D eigenvalue weighted by Crippen LogP contribution is -2.23. The van der Waals surface area contributed by atoms with Crippen LogP contribution in [0.3, 0.4) is 0 Å². The average Bonchev–Trinajstić information content (AvgIpc) is 3.22. The molecule has 7 heteroatoms. The maximum absolute atomic E-state index is 14.9. The third-order valence-corrected chi connectivity index (χ3v) is 5.46. The standard InChI is InChI=1S/C23H22FN3O3/c1-2-26-14-18(23(29)30)22(28)17-10-19(24)21(11-20(17)26)27-9-8-16(13-27)25-12-15-6-4-3-5-7-15/h3-7,10-12,14,16H,2,8-9,13H2,1H3,(H,29,30)/b25-12+. The molecule has 1 unspecified atom stereocenters. The van der Waals surface area contributed by atoms with Gasteiger partial charge in [-0.1, -0.05) is 30.3 Å². The number of benzene rings is 2. The highest BCUT2D eigenvalue weighted by Crippen LogP contribution is 2.28. The molecule has 2 aromatic carbocycles. The van der Waals surface area contributed by atoms with Gasteiger partial charge in [-0.2, -0.15) is 0 Å². The summed E-state index contributed by atoms with van der Waals surface area (Å²) in [6.45, 7) is 3.55. The van der Waals surface area contributed by atoms with Gasteiger partial charge in [-0.3, -0.25) is 9.79 Å². The number of hydrogen-bond acceptors (Lipinski definition) is 4.